The number of hydrogen-bond donors (Lipinski definition) is 2. The lowest BCUT2D eigenvalue weighted by Gasteiger charge is -2.05. The summed E-state index contributed by atoms with van der Waals surface area (Å²) in [5, 5.41) is 12.6. The van der Waals surface area contributed by atoms with Gasteiger partial charge in [0.2, 0.25) is 0 Å². The molecule has 2 rings (SSSR count). The summed E-state index contributed by atoms with van der Waals surface area (Å²) in [5.74, 6) is 4.07. The molecule has 0 bridgehead atoms. The number of aliphatic hydroxyl groups is 1. The van der Waals surface area contributed by atoms with E-state index in [4.69, 9.17) is 16.7 Å². The fourth-order valence-electron chi connectivity index (χ4n) is 1.44. The Morgan fingerprint density at radius 3 is 3.05 bits per heavy atom. The molecule has 6 heteroatoms. The Hall–Kier alpha value is -1.87. The van der Waals surface area contributed by atoms with E-state index in [2.05, 4.69) is 17.2 Å². The fourth-order valence-corrected chi connectivity index (χ4v) is 2.37. The molecule has 0 radical (unpaired) electrons. The number of nitrogens with one attached hydrogen (secondary N) is 1. The summed E-state index contributed by atoms with van der Waals surface area (Å²) in [6.45, 7) is -0.243. The lowest BCUT2D eigenvalue weighted by molar-refractivity contribution is 0.102. The Kier molecular flexibility index (Phi) is 4.74. The molecule has 2 aromatic rings. The molecule has 1 aromatic heterocycles. The highest BCUT2D eigenvalue weighted by Gasteiger charge is 2.12. The highest BCUT2D eigenvalue weighted by Crippen LogP contribution is 2.23. The average Bonchev–Trinajstić information content (AvgIpc) is 2.90. The van der Waals surface area contributed by atoms with E-state index in [0.717, 1.165) is 0 Å². The zero-order chi connectivity index (χ0) is 14.5. The van der Waals surface area contributed by atoms with Crippen LogP contribution in [0.3, 0.4) is 0 Å². The molecule has 0 atom stereocenters. The van der Waals surface area contributed by atoms with Crippen LogP contribution in [0.25, 0.3) is 0 Å². The number of carbonyl (C=O) groups is 1. The number of amides is 1. The molecule has 0 aliphatic rings. The van der Waals surface area contributed by atoms with Crippen LogP contribution in [0.5, 0.6) is 0 Å². The van der Waals surface area contributed by atoms with Gasteiger partial charge in [0, 0.05) is 5.38 Å². The third-order valence-corrected chi connectivity index (χ3v) is 3.49. The van der Waals surface area contributed by atoms with Crippen molar-refractivity contribution in [1.29, 1.82) is 0 Å². The summed E-state index contributed by atoms with van der Waals surface area (Å²) in [6, 6.07) is 5.95. The number of hydrogen-bond acceptors (Lipinski definition) is 3. The first-order valence-electron chi connectivity index (χ1n) is 5.55. The van der Waals surface area contributed by atoms with Crippen LogP contribution >= 0.6 is 22.9 Å². The van der Waals surface area contributed by atoms with Gasteiger partial charge in [0.05, 0.1) is 21.2 Å². The van der Waals surface area contributed by atoms with Crippen molar-refractivity contribution >= 4 is 34.5 Å². The molecule has 20 heavy (non-hydrogen) atoms. The molecule has 1 amide bonds. The summed E-state index contributed by atoms with van der Waals surface area (Å²) >= 11 is 6.91. The van der Waals surface area contributed by atoms with E-state index in [-0.39, 0.29) is 17.3 Å². The lowest BCUT2D eigenvalue weighted by atomic mass is 10.2. The second-order valence-corrected chi connectivity index (χ2v) is 5.03. The van der Waals surface area contributed by atoms with Gasteiger partial charge in [0.25, 0.3) is 5.91 Å². The number of carbonyl (C=O) groups excluding carboxylic acids is 1. The van der Waals surface area contributed by atoms with Crippen molar-refractivity contribution in [2.45, 2.75) is 0 Å². The number of anilines is 1. The second-order valence-electron chi connectivity index (χ2n) is 3.72. The van der Waals surface area contributed by atoms with Crippen LogP contribution in [0.1, 0.15) is 15.2 Å². The standard InChI is InChI=1S/C14H9ClFNO2S/c15-11-4-1-5-12(13(11)16)17-14(19)9-7-10(20-8-9)3-2-6-18/h1,4-5,7-8,18H,6H2,(H,17,19). The maximum absolute atomic E-state index is 13.7. The van der Waals surface area contributed by atoms with Crippen LogP contribution < -0.4 is 5.32 Å². The second kappa shape index (κ2) is 6.53. The predicted molar refractivity (Wildman–Crippen MR) is 77.6 cm³/mol. The Morgan fingerprint density at radius 2 is 2.30 bits per heavy atom. The highest BCUT2D eigenvalue weighted by molar-refractivity contribution is 7.10. The number of halogens is 2. The maximum atomic E-state index is 13.7. The molecule has 0 saturated heterocycles. The van der Waals surface area contributed by atoms with Gasteiger partial charge in [-0.3, -0.25) is 4.79 Å². The molecule has 3 nitrogen and oxygen atoms in total. The molecule has 0 unspecified atom stereocenters. The number of rotatable bonds is 2. The van der Waals surface area contributed by atoms with Gasteiger partial charge in [-0.25, -0.2) is 4.39 Å². The van der Waals surface area contributed by atoms with Gasteiger partial charge in [-0.2, -0.15) is 0 Å². The van der Waals surface area contributed by atoms with Crippen molar-refractivity contribution in [3.05, 3.63) is 50.9 Å². The third-order valence-electron chi connectivity index (χ3n) is 2.35. The first-order chi connectivity index (χ1) is 9.61. The topological polar surface area (TPSA) is 49.3 Å². The zero-order valence-electron chi connectivity index (χ0n) is 10.1. The highest BCUT2D eigenvalue weighted by atomic mass is 35.5. The van der Waals surface area contributed by atoms with Crippen LogP contribution in [0.4, 0.5) is 10.1 Å². The Bertz CT molecular complexity index is 703. The smallest absolute Gasteiger partial charge is 0.256 e. The van der Waals surface area contributed by atoms with Crippen molar-refractivity contribution in [1.82, 2.24) is 0 Å². The lowest BCUT2D eigenvalue weighted by Crippen LogP contribution is -2.12. The number of aliphatic hydroxyl groups excluding tert-OH is 1. The van der Waals surface area contributed by atoms with Gasteiger partial charge < -0.3 is 10.4 Å². The molecule has 2 N–H and O–H groups in total. The molecule has 0 spiro atoms. The third kappa shape index (κ3) is 3.36. The predicted octanol–water partition coefficient (Wildman–Crippen LogP) is 3.14. The van der Waals surface area contributed by atoms with E-state index in [1.807, 2.05) is 0 Å². The average molecular weight is 310 g/mol. The van der Waals surface area contributed by atoms with Gasteiger partial charge in [0.15, 0.2) is 5.82 Å². The van der Waals surface area contributed by atoms with Crippen LogP contribution in [0, 0.1) is 17.7 Å². The van der Waals surface area contributed by atoms with Gasteiger partial charge in [0.1, 0.15) is 6.61 Å². The molecule has 0 fully saturated rings. The summed E-state index contributed by atoms with van der Waals surface area (Å²) in [7, 11) is 0. The van der Waals surface area contributed by atoms with Gasteiger partial charge in [-0.05, 0) is 18.2 Å². The minimum Gasteiger partial charge on any atom is -0.384 e. The molecular formula is C14H9ClFNO2S. The van der Waals surface area contributed by atoms with Crippen molar-refractivity contribution in [3.63, 3.8) is 0 Å². The van der Waals surface area contributed by atoms with Crippen LogP contribution in [-0.4, -0.2) is 17.6 Å². The van der Waals surface area contributed by atoms with Gasteiger partial charge in [-0.1, -0.05) is 29.5 Å². The van der Waals surface area contributed by atoms with Crippen molar-refractivity contribution in [2.75, 3.05) is 11.9 Å². The monoisotopic (exact) mass is 309 g/mol. The molecule has 1 aromatic carbocycles. The summed E-state index contributed by atoms with van der Waals surface area (Å²) in [5.41, 5.74) is 0.397. The quantitative estimate of drug-likeness (QED) is 0.837. The van der Waals surface area contributed by atoms with E-state index >= 15 is 0 Å². The maximum Gasteiger partial charge on any atom is 0.256 e. The Balaban J connectivity index is 2.16. The molecule has 0 aliphatic carbocycles. The first kappa shape index (κ1) is 14.5. The normalized spacial score (nSPS) is 9.75. The van der Waals surface area contributed by atoms with E-state index in [9.17, 15) is 9.18 Å². The van der Waals surface area contributed by atoms with Gasteiger partial charge in [-0.15, -0.1) is 11.3 Å². The van der Waals surface area contributed by atoms with Crippen molar-refractivity contribution < 1.29 is 14.3 Å². The minimum atomic E-state index is -0.668. The van der Waals surface area contributed by atoms with Crippen molar-refractivity contribution in [3.8, 4) is 11.8 Å². The summed E-state index contributed by atoms with van der Waals surface area (Å²) in [4.78, 5) is 12.6. The number of thiophene rings is 1. The molecule has 102 valence electrons. The van der Waals surface area contributed by atoms with Crippen LogP contribution in [-0.2, 0) is 0 Å². The van der Waals surface area contributed by atoms with Crippen molar-refractivity contribution in [2.24, 2.45) is 0 Å². The molecular weight excluding hydrogens is 301 g/mol. The fraction of sp³-hybridized carbons (Fsp3) is 0.0714. The number of benzene rings is 1. The van der Waals surface area contributed by atoms with E-state index in [0.29, 0.717) is 10.4 Å². The minimum absolute atomic E-state index is 0.0247. The largest absolute Gasteiger partial charge is 0.384 e. The van der Waals surface area contributed by atoms with Gasteiger partial charge >= 0.3 is 0 Å². The van der Waals surface area contributed by atoms with E-state index < -0.39 is 11.7 Å². The summed E-state index contributed by atoms with van der Waals surface area (Å²) in [6.07, 6.45) is 0. The molecule has 0 saturated carbocycles. The SMILES string of the molecule is O=C(Nc1cccc(Cl)c1F)c1csc(C#CCO)c1. The molecule has 1 heterocycles. The van der Waals surface area contributed by atoms with Crippen LogP contribution in [0.15, 0.2) is 29.6 Å². The molecule has 0 aliphatic heterocycles. The van der Waals surface area contributed by atoms with Crippen LogP contribution in [0.2, 0.25) is 5.02 Å². The Morgan fingerprint density at radius 1 is 1.50 bits per heavy atom. The van der Waals surface area contributed by atoms with E-state index in [1.165, 1.54) is 23.5 Å². The summed E-state index contributed by atoms with van der Waals surface area (Å²) < 4.78 is 13.7. The Labute approximate surface area is 124 Å². The zero-order valence-corrected chi connectivity index (χ0v) is 11.7. The van der Waals surface area contributed by atoms with E-state index in [1.54, 1.807) is 17.5 Å². The first-order valence-corrected chi connectivity index (χ1v) is 6.81.